The molecule has 9 heteroatoms. The summed E-state index contributed by atoms with van der Waals surface area (Å²) in [5.41, 5.74) is 0.769. The second-order valence-electron chi connectivity index (χ2n) is 6.27. The maximum absolute atomic E-state index is 13.7. The molecule has 2 N–H and O–H groups in total. The lowest BCUT2D eigenvalue weighted by atomic mass is 9.80. The minimum atomic E-state index is -0.459. The van der Waals surface area contributed by atoms with E-state index >= 15 is 0 Å². The van der Waals surface area contributed by atoms with Crippen LogP contribution in [0.1, 0.15) is 37.0 Å². The van der Waals surface area contributed by atoms with Crippen molar-refractivity contribution in [2.24, 2.45) is 5.92 Å². The molecular formula is C17H19Cl2FN4OS. The zero-order chi connectivity index (χ0) is 18.7. The van der Waals surface area contributed by atoms with Gasteiger partial charge in [0.05, 0.1) is 17.7 Å². The van der Waals surface area contributed by atoms with Crippen LogP contribution in [0.2, 0.25) is 10.3 Å². The van der Waals surface area contributed by atoms with Crippen LogP contribution in [-0.2, 0) is 0 Å². The van der Waals surface area contributed by atoms with E-state index in [9.17, 15) is 9.50 Å². The summed E-state index contributed by atoms with van der Waals surface area (Å²) >= 11 is 13.1. The Morgan fingerprint density at radius 1 is 1.31 bits per heavy atom. The minimum Gasteiger partial charge on any atom is -0.394 e. The van der Waals surface area contributed by atoms with Crippen LogP contribution in [0.3, 0.4) is 0 Å². The van der Waals surface area contributed by atoms with Gasteiger partial charge in [0.1, 0.15) is 5.82 Å². The molecule has 0 saturated heterocycles. The summed E-state index contributed by atoms with van der Waals surface area (Å²) in [6.45, 7) is 1.93. The maximum Gasteiger partial charge on any atom is 0.228 e. The van der Waals surface area contributed by atoms with Gasteiger partial charge in [-0.25, -0.2) is 4.39 Å². The van der Waals surface area contributed by atoms with Gasteiger partial charge in [0, 0.05) is 5.25 Å². The smallest absolute Gasteiger partial charge is 0.228 e. The molecule has 0 spiro atoms. The van der Waals surface area contributed by atoms with Gasteiger partial charge in [-0.3, -0.25) is 0 Å². The molecule has 5 nitrogen and oxygen atoms in total. The Bertz CT molecular complexity index is 778. The first-order valence-corrected chi connectivity index (χ1v) is 10.0. The molecular weight excluding hydrogens is 398 g/mol. The Labute approximate surface area is 165 Å². The molecule has 0 amide bonds. The fraction of sp³-hybridized carbons (Fsp3) is 0.471. The number of hydrogen-bond donors (Lipinski definition) is 2. The van der Waals surface area contributed by atoms with Crippen LogP contribution < -0.4 is 5.32 Å². The summed E-state index contributed by atoms with van der Waals surface area (Å²) in [5, 5.41) is 13.2. The van der Waals surface area contributed by atoms with E-state index in [4.69, 9.17) is 23.2 Å². The molecule has 1 aliphatic rings. The van der Waals surface area contributed by atoms with E-state index in [0.29, 0.717) is 17.0 Å². The number of rotatable bonds is 7. The number of anilines is 1. The van der Waals surface area contributed by atoms with Crippen LogP contribution in [-0.4, -0.2) is 32.7 Å². The average molecular weight is 417 g/mol. The lowest BCUT2D eigenvalue weighted by Crippen LogP contribution is -2.37. The first-order chi connectivity index (χ1) is 12.5. The summed E-state index contributed by atoms with van der Waals surface area (Å²) in [6, 6.07) is 4.60. The third kappa shape index (κ3) is 4.76. The Balaban J connectivity index is 1.73. The van der Waals surface area contributed by atoms with Crippen LogP contribution in [0.4, 0.5) is 10.3 Å². The molecule has 1 aromatic carbocycles. The Kier molecular flexibility index (Phi) is 6.55. The molecule has 2 aromatic rings. The summed E-state index contributed by atoms with van der Waals surface area (Å²) in [4.78, 5) is 12.6. The largest absolute Gasteiger partial charge is 0.394 e. The molecule has 1 aromatic heterocycles. The van der Waals surface area contributed by atoms with Crippen molar-refractivity contribution in [3.8, 4) is 0 Å². The highest BCUT2D eigenvalue weighted by atomic mass is 35.5. The van der Waals surface area contributed by atoms with Gasteiger partial charge in [-0.05, 0) is 55.0 Å². The van der Waals surface area contributed by atoms with Crippen molar-refractivity contribution in [2.75, 3.05) is 11.9 Å². The fourth-order valence-electron chi connectivity index (χ4n) is 2.76. The number of aromatic nitrogens is 3. The van der Waals surface area contributed by atoms with Gasteiger partial charge in [0.15, 0.2) is 5.16 Å². The van der Waals surface area contributed by atoms with E-state index in [0.717, 1.165) is 18.4 Å². The molecule has 1 saturated carbocycles. The molecule has 3 rings (SSSR count). The minimum absolute atomic E-state index is 0.0108. The summed E-state index contributed by atoms with van der Waals surface area (Å²) in [5.74, 6) is 0.300. The zero-order valence-electron chi connectivity index (χ0n) is 14.1. The van der Waals surface area contributed by atoms with Crippen LogP contribution >= 0.6 is 35.0 Å². The van der Waals surface area contributed by atoms with Crippen molar-refractivity contribution in [2.45, 2.75) is 42.6 Å². The lowest BCUT2D eigenvalue weighted by Gasteiger charge is -2.33. The van der Waals surface area contributed by atoms with E-state index in [2.05, 4.69) is 20.3 Å². The standard InChI is InChI=1S/C17H19Cl2FN4OS/c1-9(11-5-6-12(18)13(20)7-11)26-17-23-15(19)22-16(24-17)21-14(8-25)10-3-2-4-10/h5-7,9-10,14,25H,2-4,8H2,1H3,(H,21,22,23,24)/t9?,14-/m0/s1. The summed E-state index contributed by atoms with van der Waals surface area (Å²) in [6.07, 6.45) is 3.34. The van der Waals surface area contributed by atoms with Gasteiger partial charge in [-0.2, -0.15) is 15.0 Å². The van der Waals surface area contributed by atoms with E-state index < -0.39 is 5.82 Å². The van der Waals surface area contributed by atoms with E-state index in [-0.39, 0.29) is 28.2 Å². The van der Waals surface area contributed by atoms with Crippen molar-refractivity contribution >= 4 is 40.9 Å². The highest BCUT2D eigenvalue weighted by Gasteiger charge is 2.27. The van der Waals surface area contributed by atoms with Crippen LogP contribution in [0.5, 0.6) is 0 Å². The predicted molar refractivity (Wildman–Crippen MR) is 102 cm³/mol. The molecule has 1 unspecified atom stereocenters. The number of aliphatic hydroxyl groups is 1. The first-order valence-electron chi connectivity index (χ1n) is 8.37. The van der Waals surface area contributed by atoms with Gasteiger partial charge in [-0.1, -0.05) is 35.9 Å². The Morgan fingerprint density at radius 3 is 2.69 bits per heavy atom. The molecule has 1 aliphatic carbocycles. The normalized spacial score (nSPS) is 16.8. The third-order valence-corrected chi connectivity index (χ3v) is 6.01. The highest BCUT2D eigenvalue weighted by Crippen LogP contribution is 2.35. The van der Waals surface area contributed by atoms with Crippen LogP contribution in [0.25, 0.3) is 0 Å². The van der Waals surface area contributed by atoms with Crippen molar-refractivity contribution < 1.29 is 9.50 Å². The molecule has 2 atom stereocenters. The van der Waals surface area contributed by atoms with Crippen LogP contribution in [0.15, 0.2) is 23.4 Å². The average Bonchev–Trinajstić information content (AvgIpc) is 2.54. The van der Waals surface area contributed by atoms with Gasteiger partial charge in [0.25, 0.3) is 0 Å². The van der Waals surface area contributed by atoms with Gasteiger partial charge >= 0.3 is 0 Å². The number of hydrogen-bond acceptors (Lipinski definition) is 6. The highest BCUT2D eigenvalue weighted by molar-refractivity contribution is 7.99. The molecule has 140 valence electrons. The van der Waals surface area contributed by atoms with Crippen molar-refractivity contribution in [3.63, 3.8) is 0 Å². The number of benzene rings is 1. The lowest BCUT2D eigenvalue weighted by molar-refractivity contribution is 0.186. The summed E-state index contributed by atoms with van der Waals surface area (Å²) < 4.78 is 13.7. The van der Waals surface area contributed by atoms with Crippen molar-refractivity contribution in [1.29, 1.82) is 0 Å². The maximum atomic E-state index is 13.7. The Hall–Kier alpha value is -1.15. The third-order valence-electron chi connectivity index (χ3n) is 4.51. The second-order valence-corrected chi connectivity index (χ2v) is 8.32. The van der Waals surface area contributed by atoms with Gasteiger partial charge < -0.3 is 10.4 Å². The number of nitrogens with one attached hydrogen (secondary N) is 1. The molecule has 0 radical (unpaired) electrons. The van der Waals surface area contributed by atoms with E-state index in [1.54, 1.807) is 6.07 Å². The number of aliphatic hydroxyl groups excluding tert-OH is 1. The van der Waals surface area contributed by atoms with Crippen molar-refractivity contribution in [3.05, 3.63) is 39.9 Å². The topological polar surface area (TPSA) is 70.9 Å². The van der Waals surface area contributed by atoms with Crippen molar-refractivity contribution in [1.82, 2.24) is 15.0 Å². The predicted octanol–water partition coefficient (Wildman–Crippen LogP) is 4.74. The van der Waals surface area contributed by atoms with Gasteiger partial charge in [0.2, 0.25) is 11.2 Å². The molecule has 1 heterocycles. The molecule has 0 bridgehead atoms. The van der Waals surface area contributed by atoms with Crippen LogP contribution in [0, 0.1) is 11.7 Å². The monoisotopic (exact) mass is 416 g/mol. The number of halogens is 3. The van der Waals surface area contributed by atoms with Gasteiger partial charge in [-0.15, -0.1) is 0 Å². The number of nitrogens with zero attached hydrogens (tertiary/aromatic N) is 3. The fourth-order valence-corrected chi connectivity index (χ4v) is 3.97. The molecule has 26 heavy (non-hydrogen) atoms. The molecule has 0 aliphatic heterocycles. The van der Waals surface area contributed by atoms with E-state index in [1.807, 2.05) is 6.92 Å². The quantitative estimate of drug-likeness (QED) is 0.634. The summed E-state index contributed by atoms with van der Waals surface area (Å²) in [7, 11) is 0. The number of thioether (sulfide) groups is 1. The van der Waals surface area contributed by atoms with E-state index in [1.165, 1.54) is 30.3 Å². The SMILES string of the molecule is CC(Sc1nc(Cl)nc(N[C@@H](CO)C2CCC2)n1)c1ccc(Cl)c(F)c1. The Morgan fingerprint density at radius 2 is 2.08 bits per heavy atom. The first kappa shape index (κ1) is 19.6. The zero-order valence-corrected chi connectivity index (χ0v) is 16.5. The molecule has 1 fully saturated rings. The second kappa shape index (κ2) is 8.69.